The average molecular weight is 244 g/mol. The van der Waals surface area contributed by atoms with Crippen molar-refractivity contribution in [1.82, 2.24) is 25.2 Å². The van der Waals surface area contributed by atoms with Crippen LogP contribution in [0.5, 0.6) is 0 Å². The Kier molecular flexibility index (Phi) is 3.65. The second-order valence-electron chi connectivity index (χ2n) is 3.47. The molecule has 2 aromatic rings. The maximum atomic E-state index is 11.5. The molecule has 0 aliphatic rings. The summed E-state index contributed by atoms with van der Waals surface area (Å²) in [6.07, 6.45) is 9.68. The van der Waals surface area contributed by atoms with Gasteiger partial charge in [-0.25, -0.2) is 9.97 Å². The molecule has 2 aromatic heterocycles. The van der Waals surface area contributed by atoms with Gasteiger partial charge in [0.15, 0.2) is 0 Å². The summed E-state index contributed by atoms with van der Waals surface area (Å²) in [5.41, 5.74) is 5.89. The third-order valence-electron chi connectivity index (χ3n) is 2.02. The Hall–Kier alpha value is -2.70. The Morgan fingerprint density at radius 2 is 2.17 bits per heavy atom. The van der Waals surface area contributed by atoms with Crippen molar-refractivity contribution in [2.75, 3.05) is 5.43 Å². The lowest BCUT2D eigenvalue weighted by Gasteiger charge is -2.02. The number of hydrazine groups is 1. The number of nitrogens with zero attached hydrogens (tertiary/aromatic N) is 4. The molecule has 0 aliphatic carbocycles. The smallest absolute Gasteiger partial charge is 0.262 e. The van der Waals surface area contributed by atoms with Crippen molar-refractivity contribution < 1.29 is 4.79 Å². The summed E-state index contributed by atoms with van der Waals surface area (Å²) in [5.74, 6) is 0.0342. The summed E-state index contributed by atoms with van der Waals surface area (Å²) in [6, 6.07) is 1.69. The zero-order chi connectivity index (χ0) is 12.8. The van der Waals surface area contributed by atoms with Crippen molar-refractivity contribution in [3.8, 4) is 0 Å². The van der Waals surface area contributed by atoms with Gasteiger partial charge in [0.05, 0.1) is 6.20 Å². The highest BCUT2D eigenvalue weighted by atomic mass is 16.2. The van der Waals surface area contributed by atoms with Crippen LogP contribution >= 0.6 is 0 Å². The third kappa shape index (κ3) is 3.41. The molecular weight excluding hydrogens is 232 g/mol. The van der Waals surface area contributed by atoms with E-state index in [0.717, 1.165) is 5.56 Å². The molecular formula is C11H12N6O. The van der Waals surface area contributed by atoms with Crippen molar-refractivity contribution in [3.05, 3.63) is 42.5 Å². The first-order valence-corrected chi connectivity index (χ1v) is 5.24. The van der Waals surface area contributed by atoms with Gasteiger partial charge >= 0.3 is 0 Å². The highest BCUT2D eigenvalue weighted by Crippen LogP contribution is 1.98. The van der Waals surface area contributed by atoms with Crippen LogP contribution in [0, 0.1) is 0 Å². The average Bonchev–Trinajstić information content (AvgIpc) is 2.81. The van der Waals surface area contributed by atoms with E-state index in [4.69, 9.17) is 0 Å². The van der Waals surface area contributed by atoms with Gasteiger partial charge in [-0.3, -0.25) is 20.3 Å². The van der Waals surface area contributed by atoms with E-state index in [9.17, 15) is 4.79 Å². The number of anilines is 1. The van der Waals surface area contributed by atoms with E-state index >= 15 is 0 Å². The minimum Gasteiger partial charge on any atom is -0.275 e. The quantitative estimate of drug-likeness (QED) is 0.599. The highest BCUT2D eigenvalue weighted by Gasteiger charge is 1.97. The summed E-state index contributed by atoms with van der Waals surface area (Å²) in [7, 11) is 1.81. The molecule has 7 nitrogen and oxygen atoms in total. The number of hydrogen-bond acceptors (Lipinski definition) is 5. The fourth-order valence-corrected chi connectivity index (χ4v) is 1.22. The molecule has 0 saturated carbocycles. The van der Waals surface area contributed by atoms with E-state index in [-0.39, 0.29) is 5.91 Å². The number of hydrogen-bond donors (Lipinski definition) is 2. The van der Waals surface area contributed by atoms with Crippen LogP contribution in [0.25, 0.3) is 6.08 Å². The Bertz CT molecular complexity index is 548. The van der Waals surface area contributed by atoms with Crippen LogP contribution in [0.1, 0.15) is 5.56 Å². The molecule has 2 rings (SSSR count). The van der Waals surface area contributed by atoms with Crippen LogP contribution in [-0.2, 0) is 11.8 Å². The number of carbonyl (C=O) groups is 1. The van der Waals surface area contributed by atoms with Gasteiger partial charge in [-0.05, 0) is 12.1 Å². The van der Waals surface area contributed by atoms with Crippen LogP contribution in [-0.4, -0.2) is 25.7 Å². The largest absolute Gasteiger partial charge is 0.275 e. The molecule has 18 heavy (non-hydrogen) atoms. The molecule has 92 valence electrons. The molecule has 0 saturated heterocycles. The van der Waals surface area contributed by atoms with Gasteiger partial charge in [-0.2, -0.15) is 5.10 Å². The predicted octanol–water partition coefficient (Wildman–Crippen LogP) is 0.367. The zero-order valence-corrected chi connectivity index (χ0v) is 9.74. The normalized spacial score (nSPS) is 10.5. The molecule has 0 unspecified atom stereocenters. The Morgan fingerprint density at radius 1 is 1.39 bits per heavy atom. The van der Waals surface area contributed by atoms with Crippen molar-refractivity contribution in [3.63, 3.8) is 0 Å². The lowest BCUT2D eigenvalue weighted by molar-refractivity contribution is -0.116. The van der Waals surface area contributed by atoms with Gasteiger partial charge in [0.2, 0.25) is 5.95 Å². The molecule has 0 aliphatic heterocycles. The van der Waals surface area contributed by atoms with Gasteiger partial charge in [0.1, 0.15) is 0 Å². The number of carbonyl (C=O) groups excluding carboxylic acids is 1. The van der Waals surface area contributed by atoms with Gasteiger partial charge in [0.25, 0.3) is 5.91 Å². The zero-order valence-electron chi connectivity index (χ0n) is 9.74. The summed E-state index contributed by atoms with van der Waals surface area (Å²) in [5, 5.41) is 3.99. The summed E-state index contributed by atoms with van der Waals surface area (Å²) < 4.78 is 1.66. The fraction of sp³-hybridized carbons (Fsp3) is 0.0909. The molecule has 2 N–H and O–H groups in total. The van der Waals surface area contributed by atoms with Crippen molar-refractivity contribution in [2.45, 2.75) is 0 Å². The highest BCUT2D eigenvalue weighted by molar-refractivity contribution is 5.92. The third-order valence-corrected chi connectivity index (χ3v) is 2.02. The van der Waals surface area contributed by atoms with E-state index in [1.165, 1.54) is 6.08 Å². The Labute approximate surface area is 104 Å². The van der Waals surface area contributed by atoms with E-state index < -0.39 is 0 Å². The van der Waals surface area contributed by atoms with E-state index in [1.54, 1.807) is 41.6 Å². The maximum absolute atomic E-state index is 11.5. The second kappa shape index (κ2) is 5.58. The monoisotopic (exact) mass is 244 g/mol. The van der Waals surface area contributed by atoms with E-state index in [1.807, 2.05) is 7.05 Å². The van der Waals surface area contributed by atoms with Crippen LogP contribution < -0.4 is 10.9 Å². The molecule has 0 radical (unpaired) electrons. The van der Waals surface area contributed by atoms with Gasteiger partial charge < -0.3 is 0 Å². The first-order valence-electron chi connectivity index (χ1n) is 5.24. The van der Waals surface area contributed by atoms with Crippen LogP contribution in [0.15, 0.2) is 36.9 Å². The molecule has 0 spiro atoms. The standard InChI is InChI=1S/C11H12N6O/c1-17-8-9(7-14-17)3-4-10(18)15-16-11-12-5-2-6-13-11/h2-8H,1H3,(H,15,18)(H,12,13,16). The summed E-state index contributed by atoms with van der Waals surface area (Å²) in [4.78, 5) is 19.2. The fourth-order valence-electron chi connectivity index (χ4n) is 1.22. The number of aryl methyl sites for hydroxylation is 1. The number of rotatable bonds is 4. The minimum atomic E-state index is -0.300. The minimum absolute atomic E-state index is 0.300. The lowest BCUT2D eigenvalue weighted by atomic mass is 10.3. The maximum Gasteiger partial charge on any atom is 0.262 e. The van der Waals surface area contributed by atoms with Crippen molar-refractivity contribution >= 4 is 17.9 Å². The first-order chi connectivity index (χ1) is 8.74. The van der Waals surface area contributed by atoms with Crippen LogP contribution in [0.4, 0.5) is 5.95 Å². The first kappa shape index (κ1) is 11.8. The van der Waals surface area contributed by atoms with Gasteiger partial charge in [-0.1, -0.05) is 0 Å². The summed E-state index contributed by atoms with van der Waals surface area (Å²) in [6.45, 7) is 0. The van der Waals surface area contributed by atoms with Gasteiger partial charge in [-0.15, -0.1) is 0 Å². The SMILES string of the molecule is Cn1cc(C=CC(=O)NNc2ncccn2)cn1. The molecule has 0 bridgehead atoms. The molecule has 1 amide bonds. The number of nitrogens with one attached hydrogen (secondary N) is 2. The van der Waals surface area contributed by atoms with Crippen molar-refractivity contribution in [2.24, 2.45) is 7.05 Å². The summed E-state index contributed by atoms with van der Waals surface area (Å²) >= 11 is 0. The van der Waals surface area contributed by atoms with Crippen LogP contribution in [0.3, 0.4) is 0 Å². The number of amides is 1. The Balaban J connectivity index is 1.84. The van der Waals surface area contributed by atoms with Crippen molar-refractivity contribution in [1.29, 1.82) is 0 Å². The second-order valence-corrected chi connectivity index (χ2v) is 3.47. The molecule has 7 heteroatoms. The molecule has 0 fully saturated rings. The topological polar surface area (TPSA) is 84.7 Å². The molecule has 2 heterocycles. The lowest BCUT2D eigenvalue weighted by Crippen LogP contribution is -2.28. The van der Waals surface area contributed by atoms with E-state index in [0.29, 0.717) is 5.95 Å². The van der Waals surface area contributed by atoms with Gasteiger partial charge in [0, 0.05) is 37.3 Å². The van der Waals surface area contributed by atoms with E-state index in [2.05, 4.69) is 25.9 Å². The molecule has 0 aromatic carbocycles. The predicted molar refractivity (Wildman–Crippen MR) is 66.0 cm³/mol. The number of aromatic nitrogens is 4. The Morgan fingerprint density at radius 3 is 2.83 bits per heavy atom. The molecule has 0 atom stereocenters. The van der Waals surface area contributed by atoms with Crippen LogP contribution in [0.2, 0.25) is 0 Å².